The molecule has 0 radical (unpaired) electrons. The van der Waals surface area contributed by atoms with Gasteiger partial charge in [0, 0.05) is 12.2 Å². The average Bonchev–Trinajstić information content (AvgIpc) is 3.00. The first kappa shape index (κ1) is 20.3. The molecule has 0 aromatic heterocycles. The average molecular weight is 416 g/mol. The minimum absolute atomic E-state index is 0.131. The van der Waals surface area contributed by atoms with Crippen LogP contribution in [0.5, 0.6) is 0 Å². The standard InChI is InChI=1S/C20H18ClN3O5/c21-14-7-3-2-6-13(14)19(27)23-15(20(28)29)10-22-17(25)11-24-16-8-4-1-5-12(16)9-18(24)26/h1-8,15H,9-11H2,(H,22,25)(H,23,27)(H,28,29)/t15-/m0/s1. The molecule has 9 heteroatoms. The number of carbonyl (C=O) groups excluding carboxylic acids is 3. The summed E-state index contributed by atoms with van der Waals surface area (Å²) in [5.74, 6) is -2.72. The van der Waals surface area contributed by atoms with E-state index in [4.69, 9.17) is 11.6 Å². The van der Waals surface area contributed by atoms with Crippen LogP contribution in [0.1, 0.15) is 15.9 Å². The first-order valence-electron chi connectivity index (χ1n) is 8.80. The van der Waals surface area contributed by atoms with Gasteiger partial charge in [0.2, 0.25) is 11.8 Å². The third kappa shape index (κ3) is 4.72. The van der Waals surface area contributed by atoms with Gasteiger partial charge in [-0.1, -0.05) is 41.9 Å². The van der Waals surface area contributed by atoms with E-state index in [0.717, 1.165) is 5.56 Å². The van der Waals surface area contributed by atoms with E-state index in [1.54, 1.807) is 24.3 Å². The highest BCUT2D eigenvalue weighted by Gasteiger charge is 2.29. The van der Waals surface area contributed by atoms with Crippen molar-refractivity contribution in [3.05, 3.63) is 64.7 Å². The molecule has 0 fully saturated rings. The second-order valence-electron chi connectivity index (χ2n) is 6.43. The predicted molar refractivity (Wildman–Crippen MR) is 106 cm³/mol. The van der Waals surface area contributed by atoms with Crippen LogP contribution in [0.25, 0.3) is 0 Å². The molecule has 1 aliphatic heterocycles. The van der Waals surface area contributed by atoms with Gasteiger partial charge in [0.05, 0.1) is 17.0 Å². The van der Waals surface area contributed by atoms with E-state index in [0.29, 0.717) is 5.69 Å². The van der Waals surface area contributed by atoms with Crippen molar-refractivity contribution < 1.29 is 24.3 Å². The molecule has 0 spiro atoms. The molecule has 0 unspecified atom stereocenters. The summed E-state index contributed by atoms with van der Waals surface area (Å²) in [4.78, 5) is 49.5. The van der Waals surface area contributed by atoms with Gasteiger partial charge in [-0.25, -0.2) is 4.79 Å². The Hall–Kier alpha value is -3.39. The molecular weight excluding hydrogens is 398 g/mol. The summed E-state index contributed by atoms with van der Waals surface area (Å²) in [5.41, 5.74) is 1.63. The van der Waals surface area contributed by atoms with Crippen molar-refractivity contribution in [2.45, 2.75) is 12.5 Å². The van der Waals surface area contributed by atoms with Gasteiger partial charge in [-0.05, 0) is 23.8 Å². The third-order valence-corrected chi connectivity index (χ3v) is 4.78. The van der Waals surface area contributed by atoms with E-state index in [1.807, 2.05) is 12.1 Å². The van der Waals surface area contributed by atoms with Gasteiger partial charge in [-0.15, -0.1) is 0 Å². The first-order valence-corrected chi connectivity index (χ1v) is 9.18. The molecule has 150 valence electrons. The lowest BCUT2D eigenvalue weighted by molar-refractivity contribution is -0.139. The summed E-state index contributed by atoms with van der Waals surface area (Å²) in [6, 6.07) is 12.0. The number of anilines is 1. The van der Waals surface area contributed by atoms with Crippen LogP contribution in [-0.2, 0) is 20.8 Å². The second kappa shape index (κ2) is 8.74. The Labute approximate surface area is 171 Å². The summed E-state index contributed by atoms with van der Waals surface area (Å²) in [6.45, 7) is -0.575. The van der Waals surface area contributed by atoms with E-state index in [9.17, 15) is 24.3 Å². The second-order valence-corrected chi connectivity index (χ2v) is 6.84. The maximum Gasteiger partial charge on any atom is 0.328 e. The quantitative estimate of drug-likeness (QED) is 0.629. The number of carboxylic acid groups (broad SMARTS) is 1. The number of nitrogens with zero attached hydrogens (tertiary/aromatic N) is 1. The van der Waals surface area contributed by atoms with E-state index in [2.05, 4.69) is 10.6 Å². The van der Waals surface area contributed by atoms with Gasteiger partial charge < -0.3 is 20.6 Å². The number of aliphatic carboxylic acids is 1. The maximum absolute atomic E-state index is 12.3. The first-order chi connectivity index (χ1) is 13.9. The van der Waals surface area contributed by atoms with Crippen molar-refractivity contribution in [2.24, 2.45) is 0 Å². The molecule has 8 nitrogen and oxygen atoms in total. The number of amides is 3. The fourth-order valence-corrected chi connectivity index (χ4v) is 3.21. The van der Waals surface area contributed by atoms with E-state index in [1.165, 1.54) is 17.0 Å². The van der Waals surface area contributed by atoms with Crippen LogP contribution in [0, 0.1) is 0 Å². The summed E-state index contributed by atoms with van der Waals surface area (Å²) in [7, 11) is 0. The SMILES string of the molecule is O=C(CN1C(=O)Cc2ccccc21)NC[C@H](NC(=O)c1ccccc1Cl)C(=O)O. The van der Waals surface area contributed by atoms with E-state index < -0.39 is 23.8 Å². The van der Waals surface area contributed by atoms with Crippen molar-refractivity contribution in [2.75, 3.05) is 18.0 Å². The number of fused-ring (bicyclic) bond motifs is 1. The van der Waals surface area contributed by atoms with Crippen LogP contribution in [-0.4, -0.2) is 47.9 Å². The Balaban J connectivity index is 1.59. The molecule has 3 rings (SSSR count). The molecular formula is C20H18ClN3O5. The molecule has 1 aliphatic rings. The largest absolute Gasteiger partial charge is 0.480 e. The highest BCUT2D eigenvalue weighted by molar-refractivity contribution is 6.33. The number of benzene rings is 2. The maximum atomic E-state index is 12.3. The lowest BCUT2D eigenvalue weighted by Gasteiger charge is -2.19. The number of hydrogen-bond acceptors (Lipinski definition) is 4. The van der Waals surface area contributed by atoms with Crippen LogP contribution < -0.4 is 15.5 Å². The van der Waals surface area contributed by atoms with Gasteiger partial charge in [0.1, 0.15) is 12.6 Å². The summed E-state index contributed by atoms with van der Waals surface area (Å²) in [6.07, 6.45) is 0.217. The number of carbonyl (C=O) groups is 4. The van der Waals surface area contributed by atoms with Gasteiger partial charge in [0.15, 0.2) is 0 Å². The molecule has 0 saturated heterocycles. The number of para-hydroxylation sites is 1. The number of nitrogens with one attached hydrogen (secondary N) is 2. The smallest absolute Gasteiger partial charge is 0.328 e. The van der Waals surface area contributed by atoms with Crippen molar-refractivity contribution in [3.63, 3.8) is 0 Å². The van der Waals surface area contributed by atoms with Crippen LogP contribution in [0.4, 0.5) is 5.69 Å². The van der Waals surface area contributed by atoms with E-state index in [-0.39, 0.29) is 36.0 Å². The fourth-order valence-electron chi connectivity index (χ4n) is 2.99. The van der Waals surface area contributed by atoms with Gasteiger partial charge >= 0.3 is 5.97 Å². The summed E-state index contributed by atoms with van der Waals surface area (Å²) in [5, 5.41) is 14.3. The van der Waals surface area contributed by atoms with Crippen molar-refractivity contribution >= 4 is 41.0 Å². The zero-order chi connectivity index (χ0) is 21.0. The monoisotopic (exact) mass is 415 g/mol. The topological polar surface area (TPSA) is 116 Å². The normalized spacial score (nSPS) is 13.6. The van der Waals surface area contributed by atoms with Crippen LogP contribution >= 0.6 is 11.6 Å². The highest BCUT2D eigenvalue weighted by atomic mass is 35.5. The van der Waals surface area contributed by atoms with Crippen LogP contribution in [0.3, 0.4) is 0 Å². The molecule has 0 aliphatic carbocycles. The number of rotatable bonds is 7. The zero-order valence-electron chi connectivity index (χ0n) is 15.2. The molecule has 1 atom stereocenters. The van der Waals surface area contributed by atoms with Crippen LogP contribution in [0.15, 0.2) is 48.5 Å². The highest BCUT2D eigenvalue weighted by Crippen LogP contribution is 2.27. The number of hydrogen-bond donors (Lipinski definition) is 3. The van der Waals surface area contributed by atoms with Crippen molar-refractivity contribution in [3.8, 4) is 0 Å². The Morgan fingerprint density at radius 2 is 1.79 bits per heavy atom. The van der Waals surface area contributed by atoms with Gasteiger partial charge in [0.25, 0.3) is 5.91 Å². The lowest BCUT2D eigenvalue weighted by atomic mass is 10.2. The Morgan fingerprint density at radius 1 is 1.10 bits per heavy atom. The lowest BCUT2D eigenvalue weighted by Crippen LogP contribution is -2.50. The minimum Gasteiger partial charge on any atom is -0.480 e. The number of halogens is 1. The Kier molecular flexibility index (Phi) is 6.13. The molecule has 29 heavy (non-hydrogen) atoms. The predicted octanol–water partition coefficient (Wildman–Crippen LogP) is 1.23. The summed E-state index contributed by atoms with van der Waals surface area (Å²) < 4.78 is 0. The van der Waals surface area contributed by atoms with Crippen molar-refractivity contribution in [1.82, 2.24) is 10.6 Å². The Bertz CT molecular complexity index is 978. The fraction of sp³-hybridized carbons (Fsp3) is 0.200. The number of carboxylic acids is 1. The Morgan fingerprint density at radius 3 is 2.52 bits per heavy atom. The third-order valence-electron chi connectivity index (χ3n) is 4.45. The molecule has 2 aromatic carbocycles. The summed E-state index contributed by atoms with van der Waals surface area (Å²) >= 11 is 5.94. The van der Waals surface area contributed by atoms with Gasteiger partial charge in [-0.2, -0.15) is 0 Å². The van der Waals surface area contributed by atoms with Crippen molar-refractivity contribution in [1.29, 1.82) is 0 Å². The molecule has 0 saturated carbocycles. The van der Waals surface area contributed by atoms with Crippen LogP contribution in [0.2, 0.25) is 5.02 Å². The molecule has 3 amide bonds. The van der Waals surface area contributed by atoms with Gasteiger partial charge in [-0.3, -0.25) is 14.4 Å². The molecule has 0 bridgehead atoms. The molecule has 1 heterocycles. The minimum atomic E-state index is -1.36. The zero-order valence-corrected chi connectivity index (χ0v) is 16.0. The van der Waals surface area contributed by atoms with E-state index >= 15 is 0 Å². The molecule has 2 aromatic rings. The molecule has 3 N–H and O–H groups in total.